The monoisotopic (exact) mass is 409 g/mol. The summed E-state index contributed by atoms with van der Waals surface area (Å²) in [5, 5.41) is 9.11. The third-order valence-corrected chi connectivity index (χ3v) is 6.01. The minimum absolute atomic E-state index is 0.133. The molecule has 3 rings (SSSR count). The Morgan fingerprint density at radius 3 is 2.44 bits per heavy atom. The van der Waals surface area contributed by atoms with Crippen LogP contribution in [-0.2, 0) is 10.2 Å². The van der Waals surface area contributed by atoms with Crippen LogP contribution in [0.3, 0.4) is 0 Å². The fourth-order valence-corrected chi connectivity index (χ4v) is 4.38. The van der Waals surface area contributed by atoms with Gasteiger partial charge in [0.2, 0.25) is 0 Å². The number of nitrogens with one attached hydrogen (secondary N) is 2. The molecule has 1 aliphatic carbocycles. The van der Waals surface area contributed by atoms with Crippen LogP contribution in [0.25, 0.3) is 0 Å². The lowest BCUT2D eigenvalue weighted by atomic mass is 10.0. The number of nitrogens with two attached hydrogens (primary N) is 1. The van der Waals surface area contributed by atoms with Gasteiger partial charge in [-0.15, -0.1) is 0 Å². The van der Waals surface area contributed by atoms with Gasteiger partial charge < -0.3 is 10.1 Å². The van der Waals surface area contributed by atoms with Gasteiger partial charge in [-0.2, -0.15) is 8.42 Å². The smallest absolute Gasteiger partial charge is 0.296 e. The van der Waals surface area contributed by atoms with Gasteiger partial charge in [0.05, 0.1) is 12.8 Å². The van der Waals surface area contributed by atoms with Crippen molar-refractivity contribution in [2.24, 2.45) is 16.5 Å². The number of anilines is 2. The minimum Gasteiger partial charge on any atom is -0.495 e. The van der Waals surface area contributed by atoms with Crippen LogP contribution in [0.15, 0.2) is 42.5 Å². The zero-order chi connectivity index (χ0) is 19.8. The van der Waals surface area contributed by atoms with Gasteiger partial charge in [-0.1, -0.05) is 37.6 Å². The third kappa shape index (κ3) is 4.48. The van der Waals surface area contributed by atoms with Crippen LogP contribution < -0.4 is 19.9 Å². The minimum atomic E-state index is -3.76. The molecule has 0 amide bonds. The fourth-order valence-electron chi connectivity index (χ4n) is 3.75. The number of rotatable bonds is 7. The Balaban J connectivity index is 1.69. The number of benzene rings is 2. The van der Waals surface area contributed by atoms with Gasteiger partial charge in [0.25, 0.3) is 10.2 Å². The molecular weight excluding hydrogens is 386 g/mol. The summed E-state index contributed by atoms with van der Waals surface area (Å²) >= 11 is 6.09. The van der Waals surface area contributed by atoms with E-state index >= 15 is 0 Å². The molecule has 0 saturated heterocycles. The highest BCUT2D eigenvalue weighted by atomic mass is 35.5. The Morgan fingerprint density at radius 2 is 1.85 bits per heavy atom. The standard InChI is InChI=1S/C19H24ClN3O3S/c1-19(2)15(11-22-16-10-13(20)6-9-17(16)26-3)18(19)12-4-7-14(8-5-12)23-27(21,24)25/h4-10,15,18,22-23H,11H2,1-3H3,(H2,21,24,25). The van der Waals surface area contributed by atoms with Crippen LogP contribution in [0.2, 0.25) is 5.02 Å². The molecule has 0 heterocycles. The van der Waals surface area contributed by atoms with Crippen molar-refractivity contribution >= 4 is 33.2 Å². The first-order valence-electron chi connectivity index (χ1n) is 8.60. The van der Waals surface area contributed by atoms with Gasteiger partial charge in [-0.3, -0.25) is 4.72 Å². The molecule has 2 atom stereocenters. The van der Waals surface area contributed by atoms with Crippen molar-refractivity contribution in [1.29, 1.82) is 0 Å². The summed E-state index contributed by atoms with van der Waals surface area (Å²) in [6.45, 7) is 5.25. The summed E-state index contributed by atoms with van der Waals surface area (Å²) in [7, 11) is -2.13. The Labute approximate surface area is 165 Å². The molecule has 0 aliphatic heterocycles. The SMILES string of the molecule is COc1ccc(Cl)cc1NCC1C(c2ccc(NS(N)(=O)=O)cc2)C1(C)C. The molecule has 0 bridgehead atoms. The highest BCUT2D eigenvalue weighted by Crippen LogP contribution is 2.64. The normalized spacial score (nSPS) is 20.8. The van der Waals surface area contributed by atoms with E-state index < -0.39 is 10.2 Å². The van der Waals surface area contributed by atoms with Gasteiger partial charge in [-0.05, 0) is 53.1 Å². The van der Waals surface area contributed by atoms with Crippen molar-refractivity contribution in [2.45, 2.75) is 19.8 Å². The molecule has 2 aromatic carbocycles. The van der Waals surface area contributed by atoms with Gasteiger partial charge in [0.15, 0.2) is 0 Å². The molecule has 1 fully saturated rings. The van der Waals surface area contributed by atoms with Gasteiger partial charge >= 0.3 is 0 Å². The topological polar surface area (TPSA) is 93.4 Å². The zero-order valence-electron chi connectivity index (χ0n) is 15.5. The van der Waals surface area contributed by atoms with Crippen molar-refractivity contribution in [3.05, 3.63) is 53.1 Å². The van der Waals surface area contributed by atoms with E-state index in [1.54, 1.807) is 25.3 Å². The number of hydrogen-bond acceptors (Lipinski definition) is 4. The molecule has 27 heavy (non-hydrogen) atoms. The van der Waals surface area contributed by atoms with E-state index in [0.717, 1.165) is 18.0 Å². The zero-order valence-corrected chi connectivity index (χ0v) is 17.1. The number of methoxy groups -OCH3 is 1. The predicted octanol–water partition coefficient (Wildman–Crippen LogP) is 3.82. The lowest BCUT2D eigenvalue weighted by Gasteiger charge is -2.12. The fraction of sp³-hybridized carbons (Fsp3) is 0.368. The molecule has 0 spiro atoms. The first kappa shape index (κ1) is 19.8. The van der Waals surface area contributed by atoms with Gasteiger partial charge in [0.1, 0.15) is 5.75 Å². The Hall–Kier alpha value is -1.96. The lowest BCUT2D eigenvalue weighted by Crippen LogP contribution is -2.21. The largest absolute Gasteiger partial charge is 0.495 e. The van der Waals surface area contributed by atoms with Crippen molar-refractivity contribution in [3.8, 4) is 5.75 Å². The summed E-state index contributed by atoms with van der Waals surface area (Å²) in [6.07, 6.45) is 0. The van der Waals surface area contributed by atoms with Crippen molar-refractivity contribution < 1.29 is 13.2 Å². The van der Waals surface area contributed by atoms with Gasteiger partial charge in [-0.25, -0.2) is 5.14 Å². The average molecular weight is 410 g/mol. The van der Waals surface area contributed by atoms with Crippen LogP contribution in [0.1, 0.15) is 25.3 Å². The van der Waals surface area contributed by atoms with Crippen LogP contribution in [0.4, 0.5) is 11.4 Å². The first-order chi connectivity index (χ1) is 12.6. The van der Waals surface area contributed by atoms with E-state index in [0.29, 0.717) is 22.5 Å². The Bertz CT molecular complexity index is 930. The highest BCUT2D eigenvalue weighted by molar-refractivity contribution is 7.90. The summed E-state index contributed by atoms with van der Waals surface area (Å²) < 4.78 is 29.9. The van der Waals surface area contributed by atoms with Crippen molar-refractivity contribution in [3.63, 3.8) is 0 Å². The molecule has 1 saturated carbocycles. The Kier molecular flexibility index (Phi) is 5.29. The number of halogens is 1. The van der Waals surface area contributed by atoms with Crippen LogP contribution in [0, 0.1) is 11.3 Å². The van der Waals surface area contributed by atoms with E-state index in [4.69, 9.17) is 21.5 Å². The molecule has 2 aromatic rings. The van der Waals surface area contributed by atoms with E-state index in [1.807, 2.05) is 24.3 Å². The quantitative estimate of drug-likeness (QED) is 0.648. The predicted molar refractivity (Wildman–Crippen MR) is 110 cm³/mol. The molecule has 6 nitrogen and oxygen atoms in total. The molecule has 0 radical (unpaired) electrons. The second-order valence-electron chi connectivity index (χ2n) is 7.40. The summed E-state index contributed by atoms with van der Waals surface area (Å²) in [5.41, 5.74) is 2.63. The summed E-state index contributed by atoms with van der Waals surface area (Å²) in [6, 6.07) is 12.9. The van der Waals surface area contributed by atoms with E-state index in [-0.39, 0.29) is 5.41 Å². The second kappa shape index (κ2) is 7.22. The molecular formula is C19H24ClN3O3S. The maximum Gasteiger partial charge on any atom is 0.296 e. The average Bonchev–Trinajstić information content (AvgIpc) is 3.13. The second-order valence-corrected chi connectivity index (χ2v) is 9.13. The van der Waals surface area contributed by atoms with Crippen molar-refractivity contribution in [2.75, 3.05) is 23.7 Å². The summed E-state index contributed by atoms with van der Waals surface area (Å²) in [4.78, 5) is 0. The first-order valence-corrected chi connectivity index (χ1v) is 10.5. The molecule has 8 heteroatoms. The third-order valence-electron chi connectivity index (χ3n) is 5.25. The molecule has 1 aliphatic rings. The van der Waals surface area contributed by atoms with E-state index in [9.17, 15) is 8.42 Å². The molecule has 0 aromatic heterocycles. The maximum absolute atomic E-state index is 11.1. The van der Waals surface area contributed by atoms with Crippen LogP contribution in [0.5, 0.6) is 5.75 Å². The lowest BCUT2D eigenvalue weighted by molar-refractivity contribution is 0.416. The number of ether oxygens (including phenoxy) is 1. The molecule has 2 unspecified atom stereocenters. The molecule has 146 valence electrons. The Morgan fingerprint density at radius 1 is 1.19 bits per heavy atom. The molecule has 4 N–H and O–H groups in total. The number of hydrogen-bond donors (Lipinski definition) is 3. The highest BCUT2D eigenvalue weighted by Gasteiger charge is 2.57. The van der Waals surface area contributed by atoms with Crippen molar-refractivity contribution in [1.82, 2.24) is 0 Å². The van der Waals surface area contributed by atoms with E-state index in [2.05, 4.69) is 23.9 Å². The summed E-state index contributed by atoms with van der Waals surface area (Å²) in [5.74, 6) is 1.56. The van der Waals surface area contributed by atoms with E-state index in [1.165, 1.54) is 5.56 Å². The van der Waals surface area contributed by atoms with Crippen LogP contribution >= 0.6 is 11.6 Å². The van der Waals surface area contributed by atoms with Crippen LogP contribution in [-0.4, -0.2) is 22.1 Å². The maximum atomic E-state index is 11.1. The van der Waals surface area contributed by atoms with Gasteiger partial charge in [0, 0.05) is 17.3 Å².